The van der Waals surface area contributed by atoms with Crippen molar-refractivity contribution in [2.24, 2.45) is 0 Å². The van der Waals surface area contributed by atoms with Crippen molar-refractivity contribution in [3.63, 3.8) is 0 Å². The first-order valence-corrected chi connectivity index (χ1v) is 8.03. The molecular formula is C19H25NO. The maximum Gasteiger partial charge on any atom is 0.106 e. The first-order valence-electron chi connectivity index (χ1n) is 8.03. The second-order valence-electron chi connectivity index (χ2n) is 6.13. The SMILES string of the molecule is CCNC(c1ccc2c(c1)CCC2)c1c(C)oc(C)c1C. The molecule has 1 aliphatic rings. The molecule has 1 N–H and O–H groups in total. The zero-order valence-corrected chi connectivity index (χ0v) is 13.5. The summed E-state index contributed by atoms with van der Waals surface area (Å²) >= 11 is 0. The smallest absolute Gasteiger partial charge is 0.106 e. The normalized spacial score (nSPS) is 15.2. The van der Waals surface area contributed by atoms with E-state index in [0.717, 1.165) is 18.1 Å². The molecule has 1 aromatic carbocycles. The number of nitrogens with one attached hydrogen (secondary N) is 1. The number of hydrogen-bond acceptors (Lipinski definition) is 2. The molecule has 1 aromatic heterocycles. The molecule has 112 valence electrons. The van der Waals surface area contributed by atoms with E-state index >= 15 is 0 Å². The van der Waals surface area contributed by atoms with E-state index in [1.54, 1.807) is 0 Å². The van der Waals surface area contributed by atoms with Crippen molar-refractivity contribution in [1.82, 2.24) is 5.32 Å². The minimum absolute atomic E-state index is 0.235. The van der Waals surface area contributed by atoms with Gasteiger partial charge in [-0.1, -0.05) is 25.1 Å². The molecule has 1 unspecified atom stereocenters. The van der Waals surface area contributed by atoms with Crippen LogP contribution in [0.1, 0.15) is 58.7 Å². The molecule has 2 heteroatoms. The Morgan fingerprint density at radius 2 is 1.86 bits per heavy atom. The predicted molar refractivity (Wildman–Crippen MR) is 86.9 cm³/mol. The van der Waals surface area contributed by atoms with Gasteiger partial charge in [-0.25, -0.2) is 0 Å². The van der Waals surface area contributed by atoms with Gasteiger partial charge in [0.1, 0.15) is 11.5 Å². The highest BCUT2D eigenvalue weighted by molar-refractivity contribution is 5.44. The number of fused-ring (bicyclic) bond motifs is 1. The zero-order chi connectivity index (χ0) is 15.0. The van der Waals surface area contributed by atoms with Gasteiger partial charge in [0.05, 0.1) is 6.04 Å². The second kappa shape index (κ2) is 5.69. The van der Waals surface area contributed by atoms with Gasteiger partial charge in [-0.2, -0.15) is 0 Å². The summed E-state index contributed by atoms with van der Waals surface area (Å²) in [6.45, 7) is 9.41. The first-order chi connectivity index (χ1) is 10.1. The Labute approximate surface area is 127 Å². The van der Waals surface area contributed by atoms with Gasteiger partial charge in [0, 0.05) is 5.56 Å². The van der Waals surface area contributed by atoms with Gasteiger partial charge in [0.2, 0.25) is 0 Å². The van der Waals surface area contributed by atoms with Crippen molar-refractivity contribution in [2.45, 2.75) is 53.0 Å². The summed E-state index contributed by atoms with van der Waals surface area (Å²) in [6, 6.07) is 7.24. The van der Waals surface area contributed by atoms with Crippen LogP contribution in [-0.4, -0.2) is 6.54 Å². The summed E-state index contributed by atoms with van der Waals surface area (Å²) in [5, 5.41) is 3.64. The summed E-state index contributed by atoms with van der Waals surface area (Å²) in [5.41, 5.74) is 7.02. The maximum atomic E-state index is 5.85. The Morgan fingerprint density at radius 1 is 1.10 bits per heavy atom. The van der Waals surface area contributed by atoms with Gasteiger partial charge >= 0.3 is 0 Å². The molecule has 0 saturated heterocycles. The van der Waals surface area contributed by atoms with Crippen molar-refractivity contribution in [3.05, 3.63) is 57.5 Å². The number of aryl methyl sites for hydroxylation is 4. The Morgan fingerprint density at radius 3 is 2.52 bits per heavy atom. The molecular weight excluding hydrogens is 258 g/mol. The van der Waals surface area contributed by atoms with Crippen LogP contribution in [0.4, 0.5) is 0 Å². The standard InChI is InChI=1S/C19H25NO/c1-5-20-19(18-12(2)13(3)21-14(18)4)17-10-9-15-7-6-8-16(15)11-17/h9-11,19-20H,5-8H2,1-4H3. The average Bonchev–Trinajstić information content (AvgIpc) is 3.02. The van der Waals surface area contributed by atoms with Crippen LogP contribution in [0.5, 0.6) is 0 Å². The lowest BCUT2D eigenvalue weighted by Crippen LogP contribution is -2.23. The molecule has 0 fully saturated rings. The third-order valence-electron chi connectivity index (χ3n) is 4.77. The second-order valence-corrected chi connectivity index (χ2v) is 6.13. The molecule has 0 amide bonds. The van der Waals surface area contributed by atoms with Gasteiger partial charge in [0.25, 0.3) is 0 Å². The Balaban J connectivity index is 2.05. The largest absolute Gasteiger partial charge is 0.466 e. The fourth-order valence-corrected chi connectivity index (χ4v) is 3.60. The lowest BCUT2D eigenvalue weighted by molar-refractivity contribution is 0.494. The lowest BCUT2D eigenvalue weighted by Gasteiger charge is -2.20. The average molecular weight is 283 g/mol. The molecule has 0 saturated carbocycles. The Bertz CT molecular complexity index is 654. The van der Waals surface area contributed by atoms with E-state index in [-0.39, 0.29) is 6.04 Å². The molecule has 2 nitrogen and oxygen atoms in total. The van der Waals surface area contributed by atoms with Gasteiger partial charge in [-0.3, -0.25) is 0 Å². The number of rotatable bonds is 4. The van der Waals surface area contributed by atoms with Crippen molar-refractivity contribution >= 4 is 0 Å². The highest BCUT2D eigenvalue weighted by Gasteiger charge is 2.23. The molecule has 0 bridgehead atoms. The molecule has 21 heavy (non-hydrogen) atoms. The summed E-state index contributed by atoms with van der Waals surface area (Å²) in [4.78, 5) is 0. The Kier molecular flexibility index (Phi) is 3.90. The van der Waals surface area contributed by atoms with E-state index in [1.165, 1.54) is 47.1 Å². The van der Waals surface area contributed by atoms with Gasteiger partial charge < -0.3 is 9.73 Å². The third kappa shape index (κ3) is 2.53. The van der Waals surface area contributed by atoms with Crippen molar-refractivity contribution in [3.8, 4) is 0 Å². The van der Waals surface area contributed by atoms with Crippen molar-refractivity contribution in [1.29, 1.82) is 0 Å². The summed E-state index contributed by atoms with van der Waals surface area (Å²) in [7, 11) is 0. The number of furan rings is 1. The molecule has 0 aliphatic heterocycles. The fraction of sp³-hybridized carbons (Fsp3) is 0.474. The van der Waals surface area contributed by atoms with E-state index in [1.807, 2.05) is 0 Å². The lowest BCUT2D eigenvalue weighted by atomic mass is 9.93. The minimum Gasteiger partial charge on any atom is -0.466 e. The van der Waals surface area contributed by atoms with Gasteiger partial charge in [-0.15, -0.1) is 0 Å². The van der Waals surface area contributed by atoms with E-state index in [4.69, 9.17) is 4.42 Å². The van der Waals surface area contributed by atoms with E-state index in [9.17, 15) is 0 Å². The van der Waals surface area contributed by atoms with Crippen molar-refractivity contribution in [2.75, 3.05) is 6.54 Å². The van der Waals surface area contributed by atoms with Gasteiger partial charge in [-0.05, 0) is 68.8 Å². The van der Waals surface area contributed by atoms with Crippen LogP contribution < -0.4 is 5.32 Å². The van der Waals surface area contributed by atoms with Gasteiger partial charge in [0.15, 0.2) is 0 Å². The van der Waals surface area contributed by atoms with Crippen LogP contribution in [0.2, 0.25) is 0 Å². The maximum absolute atomic E-state index is 5.85. The third-order valence-corrected chi connectivity index (χ3v) is 4.77. The van der Waals surface area contributed by atoms with E-state index in [0.29, 0.717) is 0 Å². The first kappa shape index (κ1) is 14.4. The van der Waals surface area contributed by atoms with Crippen molar-refractivity contribution < 1.29 is 4.42 Å². The fourth-order valence-electron chi connectivity index (χ4n) is 3.60. The minimum atomic E-state index is 0.235. The van der Waals surface area contributed by atoms with Crippen LogP contribution in [0, 0.1) is 20.8 Å². The number of benzene rings is 1. The number of hydrogen-bond donors (Lipinski definition) is 1. The molecule has 1 aliphatic carbocycles. The molecule has 2 aromatic rings. The molecule has 1 heterocycles. The van der Waals surface area contributed by atoms with E-state index < -0.39 is 0 Å². The van der Waals surface area contributed by atoms with E-state index in [2.05, 4.69) is 51.2 Å². The predicted octanol–water partition coefficient (Wildman–Crippen LogP) is 4.39. The van der Waals surface area contributed by atoms with Crippen LogP contribution in [0.15, 0.2) is 22.6 Å². The van der Waals surface area contributed by atoms with Crippen LogP contribution in [0.3, 0.4) is 0 Å². The molecule has 3 rings (SSSR count). The summed E-state index contributed by atoms with van der Waals surface area (Å²) in [5.74, 6) is 2.07. The topological polar surface area (TPSA) is 25.2 Å². The Hall–Kier alpha value is -1.54. The molecule has 1 atom stereocenters. The zero-order valence-electron chi connectivity index (χ0n) is 13.5. The molecule has 0 spiro atoms. The highest BCUT2D eigenvalue weighted by atomic mass is 16.3. The van der Waals surface area contributed by atoms with Crippen LogP contribution in [-0.2, 0) is 12.8 Å². The monoisotopic (exact) mass is 283 g/mol. The highest BCUT2D eigenvalue weighted by Crippen LogP contribution is 2.33. The quantitative estimate of drug-likeness (QED) is 0.900. The summed E-state index contributed by atoms with van der Waals surface area (Å²) < 4.78 is 5.85. The van der Waals surface area contributed by atoms with Crippen LogP contribution >= 0.6 is 0 Å². The summed E-state index contributed by atoms with van der Waals surface area (Å²) in [6.07, 6.45) is 3.77. The molecule has 0 radical (unpaired) electrons. The van der Waals surface area contributed by atoms with Crippen LogP contribution in [0.25, 0.3) is 0 Å².